The maximum atomic E-state index is 6.22. The molecule has 1 aromatic heterocycles. The van der Waals surface area contributed by atoms with E-state index in [-0.39, 0.29) is 0 Å². The van der Waals surface area contributed by atoms with Crippen molar-refractivity contribution in [3.8, 4) is 22.8 Å². The SMILES string of the molecule is COc1ccc(-c2cc(=Nc3ccc(Cl)c(Cl)c3)c3cc(Cl)ccc3o2)cc1OC. The van der Waals surface area contributed by atoms with Crippen LogP contribution in [0.5, 0.6) is 11.5 Å². The summed E-state index contributed by atoms with van der Waals surface area (Å²) >= 11 is 18.4. The third-order valence-electron chi connectivity index (χ3n) is 4.53. The molecule has 0 radical (unpaired) electrons. The van der Waals surface area contributed by atoms with Gasteiger partial charge in [-0.1, -0.05) is 34.8 Å². The lowest BCUT2D eigenvalue weighted by molar-refractivity contribution is 0.355. The smallest absolute Gasteiger partial charge is 0.161 e. The molecule has 1 heterocycles. The van der Waals surface area contributed by atoms with E-state index in [0.29, 0.717) is 49.0 Å². The van der Waals surface area contributed by atoms with Crippen molar-refractivity contribution < 1.29 is 13.9 Å². The van der Waals surface area contributed by atoms with E-state index < -0.39 is 0 Å². The Hall–Kier alpha value is -2.66. The minimum atomic E-state index is 0.431. The summed E-state index contributed by atoms with van der Waals surface area (Å²) in [7, 11) is 3.18. The Morgan fingerprint density at radius 2 is 1.57 bits per heavy atom. The molecular weight excluding hydrogens is 445 g/mol. The van der Waals surface area contributed by atoms with Crippen LogP contribution in [-0.2, 0) is 0 Å². The standard InChI is InChI=1S/C23H16Cl3NO3/c1-28-21-7-3-13(9-23(21)29-2)22-12-19(16-10-14(24)4-8-20(16)30-22)27-15-5-6-17(25)18(26)11-15/h3-12H,1-2H3. The van der Waals surface area contributed by atoms with Crippen LogP contribution in [0, 0.1) is 0 Å². The first-order valence-electron chi connectivity index (χ1n) is 8.94. The number of rotatable bonds is 4. The number of hydrogen-bond acceptors (Lipinski definition) is 4. The summed E-state index contributed by atoms with van der Waals surface area (Å²) in [6.45, 7) is 0. The number of hydrogen-bond donors (Lipinski definition) is 0. The lowest BCUT2D eigenvalue weighted by atomic mass is 10.1. The fourth-order valence-electron chi connectivity index (χ4n) is 3.06. The van der Waals surface area contributed by atoms with E-state index in [0.717, 1.165) is 10.9 Å². The van der Waals surface area contributed by atoms with E-state index in [4.69, 9.17) is 53.7 Å². The molecule has 0 bridgehead atoms. The Bertz CT molecular complexity index is 1320. The molecule has 0 N–H and O–H groups in total. The normalized spacial score (nSPS) is 11.7. The molecule has 3 aromatic carbocycles. The average Bonchev–Trinajstić information content (AvgIpc) is 2.76. The fraction of sp³-hybridized carbons (Fsp3) is 0.0870. The van der Waals surface area contributed by atoms with Gasteiger partial charge in [0.2, 0.25) is 0 Å². The van der Waals surface area contributed by atoms with Crippen molar-refractivity contribution in [1.29, 1.82) is 0 Å². The topological polar surface area (TPSA) is 44.0 Å². The first-order valence-corrected chi connectivity index (χ1v) is 10.1. The molecule has 0 unspecified atom stereocenters. The zero-order valence-corrected chi connectivity index (χ0v) is 18.3. The van der Waals surface area contributed by atoms with E-state index >= 15 is 0 Å². The maximum Gasteiger partial charge on any atom is 0.161 e. The molecule has 0 aliphatic heterocycles. The van der Waals surface area contributed by atoms with Gasteiger partial charge in [-0.25, -0.2) is 4.99 Å². The molecular formula is C23H16Cl3NO3. The minimum Gasteiger partial charge on any atom is -0.493 e. The second-order valence-corrected chi connectivity index (χ2v) is 7.67. The van der Waals surface area contributed by atoms with Gasteiger partial charge < -0.3 is 13.9 Å². The van der Waals surface area contributed by atoms with Crippen molar-refractivity contribution in [2.24, 2.45) is 4.99 Å². The summed E-state index contributed by atoms with van der Waals surface area (Å²) in [4.78, 5) is 4.76. The molecule has 0 saturated heterocycles. The van der Waals surface area contributed by atoms with Crippen molar-refractivity contribution >= 4 is 51.5 Å². The Morgan fingerprint density at radius 1 is 0.767 bits per heavy atom. The molecule has 0 fully saturated rings. The van der Waals surface area contributed by atoms with Gasteiger partial charge in [-0.3, -0.25) is 0 Å². The Kier molecular flexibility index (Phi) is 5.91. The minimum absolute atomic E-state index is 0.431. The van der Waals surface area contributed by atoms with Crippen LogP contribution in [0.25, 0.3) is 22.3 Å². The molecule has 0 aliphatic rings. The van der Waals surface area contributed by atoms with E-state index in [1.807, 2.05) is 36.4 Å². The van der Waals surface area contributed by atoms with Gasteiger partial charge in [0.15, 0.2) is 11.5 Å². The molecule has 30 heavy (non-hydrogen) atoms. The first kappa shape index (κ1) is 20.6. The summed E-state index contributed by atoms with van der Waals surface area (Å²) in [5, 5.41) is 2.94. The summed E-state index contributed by atoms with van der Waals surface area (Å²) in [5.74, 6) is 1.85. The maximum absolute atomic E-state index is 6.22. The van der Waals surface area contributed by atoms with Gasteiger partial charge in [0.25, 0.3) is 0 Å². The number of methoxy groups -OCH3 is 2. The number of halogens is 3. The highest BCUT2D eigenvalue weighted by Crippen LogP contribution is 2.33. The summed E-state index contributed by atoms with van der Waals surface area (Å²) < 4.78 is 16.9. The van der Waals surface area contributed by atoms with Crippen LogP contribution in [0.15, 0.2) is 70.1 Å². The van der Waals surface area contributed by atoms with Crippen molar-refractivity contribution in [3.63, 3.8) is 0 Å². The van der Waals surface area contributed by atoms with E-state index in [9.17, 15) is 0 Å². The highest BCUT2D eigenvalue weighted by molar-refractivity contribution is 6.42. The van der Waals surface area contributed by atoms with Crippen molar-refractivity contribution in [2.75, 3.05) is 14.2 Å². The Labute approximate surface area is 188 Å². The monoisotopic (exact) mass is 459 g/mol. The zero-order valence-electron chi connectivity index (χ0n) is 16.1. The van der Waals surface area contributed by atoms with Crippen LogP contribution in [0.3, 0.4) is 0 Å². The third-order valence-corrected chi connectivity index (χ3v) is 5.50. The van der Waals surface area contributed by atoms with Crippen LogP contribution in [-0.4, -0.2) is 14.2 Å². The second kappa shape index (κ2) is 8.60. The van der Waals surface area contributed by atoms with Crippen LogP contribution < -0.4 is 14.8 Å². The molecule has 7 heteroatoms. The molecule has 0 atom stereocenters. The van der Waals surface area contributed by atoms with Crippen LogP contribution in [0.4, 0.5) is 5.69 Å². The number of benzene rings is 3. The van der Waals surface area contributed by atoms with Gasteiger partial charge in [0, 0.05) is 22.0 Å². The highest BCUT2D eigenvalue weighted by atomic mass is 35.5. The molecule has 0 spiro atoms. The van der Waals surface area contributed by atoms with E-state index in [1.54, 1.807) is 38.5 Å². The van der Waals surface area contributed by atoms with Crippen molar-refractivity contribution in [1.82, 2.24) is 0 Å². The number of nitrogens with zero attached hydrogens (tertiary/aromatic N) is 1. The van der Waals surface area contributed by atoms with Crippen molar-refractivity contribution in [2.45, 2.75) is 0 Å². The Balaban J connectivity index is 1.96. The van der Waals surface area contributed by atoms with Gasteiger partial charge in [0.1, 0.15) is 11.3 Å². The second-order valence-electron chi connectivity index (χ2n) is 6.42. The average molecular weight is 461 g/mol. The summed E-state index contributed by atoms with van der Waals surface area (Å²) in [6.07, 6.45) is 0. The molecule has 0 aliphatic carbocycles. The van der Waals surface area contributed by atoms with Gasteiger partial charge in [-0.2, -0.15) is 0 Å². The van der Waals surface area contributed by atoms with Gasteiger partial charge in [0.05, 0.1) is 35.3 Å². The first-order chi connectivity index (χ1) is 14.5. The largest absolute Gasteiger partial charge is 0.493 e. The summed E-state index contributed by atoms with van der Waals surface area (Å²) in [6, 6.07) is 18.0. The molecule has 152 valence electrons. The van der Waals surface area contributed by atoms with Gasteiger partial charge in [-0.05, 0) is 54.6 Å². The molecule has 0 saturated carbocycles. The van der Waals surface area contributed by atoms with Crippen LogP contribution >= 0.6 is 34.8 Å². The number of fused-ring (bicyclic) bond motifs is 1. The molecule has 4 rings (SSSR count). The van der Waals surface area contributed by atoms with Crippen LogP contribution in [0.1, 0.15) is 0 Å². The highest BCUT2D eigenvalue weighted by Gasteiger charge is 2.11. The lowest BCUT2D eigenvalue weighted by Gasteiger charge is -2.10. The predicted octanol–water partition coefficient (Wildman–Crippen LogP) is 7.31. The lowest BCUT2D eigenvalue weighted by Crippen LogP contribution is -2.03. The number of ether oxygens (including phenoxy) is 2. The van der Waals surface area contributed by atoms with Crippen LogP contribution in [0.2, 0.25) is 15.1 Å². The third kappa shape index (κ3) is 4.12. The molecule has 4 nitrogen and oxygen atoms in total. The van der Waals surface area contributed by atoms with Gasteiger partial charge >= 0.3 is 0 Å². The molecule has 4 aromatic rings. The van der Waals surface area contributed by atoms with Gasteiger partial charge in [-0.15, -0.1) is 0 Å². The predicted molar refractivity (Wildman–Crippen MR) is 121 cm³/mol. The summed E-state index contributed by atoms with van der Waals surface area (Å²) in [5.41, 5.74) is 2.12. The quantitative estimate of drug-likeness (QED) is 0.321. The molecule has 0 amide bonds. The Morgan fingerprint density at radius 3 is 2.30 bits per heavy atom. The van der Waals surface area contributed by atoms with E-state index in [2.05, 4.69) is 0 Å². The van der Waals surface area contributed by atoms with Crippen molar-refractivity contribution in [3.05, 3.63) is 81.1 Å². The fourth-order valence-corrected chi connectivity index (χ4v) is 3.52. The van der Waals surface area contributed by atoms with E-state index in [1.165, 1.54) is 0 Å². The zero-order chi connectivity index (χ0) is 21.3.